The number of amides is 1. The Balaban J connectivity index is 1.61. The summed E-state index contributed by atoms with van der Waals surface area (Å²) in [6.07, 6.45) is 5.14. The van der Waals surface area contributed by atoms with E-state index in [9.17, 15) is 13.6 Å². The molecule has 1 saturated carbocycles. The van der Waals surface area contributed by atoms with Gasteiger partial charge in [-0.2, -0.15) is 0 Å². The Morgan fingerprint density at radius 1 is 1.32 bits per heavy atom. The summed E-state index contributed by atoms with van der Waals surface area (Å²) >= 11 is 0. The molecule has 1 aromatic rings. The van der Waals surface area contributed by atoms with Crippen LogP contribution in [0.4, 0.5) is 8.78 Å². The maximum Gasteiger partial charge on any atom is 0.220 e. The van der Waals surface area contributed by atoms with Crippen LogP contribution < -0.4 is 5.32 Å². The fourth-order valence-electron chi connectivity index (χ4n) is 3.04. The normalized spacial score (nSPS) is 22.5. The van der Waals surface area contributed by atoms with E-state index in [0.29, 0.717) is 12.8 Å². The first-order valence-electron chi connectivity index (χ1n) is 7.99. The van der Waals surface area contributed by atoms with Gasteiger partial charge in [-0.25, -0.2) is 8.78 Å². The topological polar surface area (TPSA) is 38.3 Å². The van der Waals surface area contributed by atoms with Crippen LogP contribution in [0.2, 0.25) is 0 Å². The number of carbonyl (C=O) groups is 1. The van der Waals surface area contributed by atoms with E-state index in [0.717, 1.165) is 44.4 Å². The van der Waals surface area contributed by atoms with E-state index in [2.05, 4.69) is 5.32 Å². The molecule has 3 rings (SSSR count). The van der Waals surface area contributed by atoms with Crippen molar-refractivity contribution < 1.29 is 18.3 Å². The molecule has 1 saturated heterocycles. The van der Waals surface area contributed by atoms with Gasteiger partial charge in [0.2, 0.25) is 5.91 Å². The molecule has 5 heteroatoms. The third-order valence-corrected chi connectivity index (χ3v) is 4.42. The van der Waals surface area contributed by atoms with Crippen LogP contribution in [-0.4, -0.2) is 18.6 Å². The van der Waals surface area contributed by atoms with Gasteiger partial charge in [-0.3, -0.25) is 4.79 Å². The third-order valence-electron chi connectivity index (χ3n) is 4.42. The number of rotatable bonds is 6. The first-order chi connectivity index (χ1) is 10.6. The first kappa shape index (κ1) is 15.4. The number of hydrogen-bond donors (Lipinski definition) is 1. The van der Waals surface area contributed by atoms with Crippen LogP contribution in [0.25, 0.3) is 0 Å². The molecule has 0 aromatic heterocycles. The van der Waals surface area contributed by atoms with E-state index in [1.807, 2.05) is 0 Å². The summed E-state index contributed by atoms with van der Waals surface area (Å²) in [6, 6.07) is 2.99. The Bertz CT molecular complexity index is 539. The molecule has 22 heavy (non-hydrogen) atoms. The largest absolute Gasteiger partial charge is 0.378 e. The summed E-state index contributed by atoms with van der Waals surface area (Å²) in [6.45, 7) is 0.769. The van der Waals surface area contributed by atoms with Crippen LogP contribution in [0.1, 0.15) is 50.1 Å². The smallest absolute Gasteiger partial charge is 0.220 e. The van der Waals surface area contributed by atoms with Gasteiger partial charge in [0.05, 0.1) is 12.1 Å². The van der Waals surface area contributed by atoms with Crippen LogP contribution >= 0.6 is 0 Å². The van der Waals surface area contributed by atoms with Crippen LogP contribution in [0.3, 0.4) is 0 Å². The highest BCUT2D eigenvalue weighted by atomic mass is 19.1. The molecular formula is C17H21F2NO2. The molecule has 2 fully saturated rings. The maximum atomic E-state index is 14.0. The van der Waals surface area contributed by atoms with Crippen molar-refractivity contribution in [3.8, 4) is 0 Å². The number of nitrogens with one attached hydrogen (secondary N) is 1. The number of carbonyl (C=O) groups excluding carboxylic acids is 1. The van der Waals surface area contributed by atoms with Crippen molar-refractivity contribution in [2.45, 2.75) is 50.7 Å². The lowest BCUT2D eigenvalue weighted by Crippen LogP contribution is -2.31. The fourth-order valence-corrected chi connectivity index (χ4v) is 3.04. The monoisotopic (exact) mass is 309 g/mol. The molecule has 2 atom stereocenters. The zero-order chi connectivity index (χ0) is 15.5. The zero-order valence-electron chi connectivity index (χ0n) is 12.5. The van der Waals surface area contributed by atoms with Gasteiger partial charge in [-0.05, 0) is 56.2 Å². The average molecular weight is 309 g/mol. The quantitative estimate of drug-likeness (QED) is 0.873. The number of benzene rings is 1. The minimum Gasteiger partial charge on any atom is -0.378 e. The lowest BCUT2D eigenvalue weighted by Gasteiger charge is -2.20. The van der Waals surface area contributed by atoms with Crippen molar-refractivity contribution >= 4 is 5.91 Å². The van der Waals surface area contributed by atoms with Crippen molar-refractivity contribution in [2.75, 3.05) is 6.61 Å². The van der Waals surface area contributed by atoms with Crippen LogP contribution in [-0.2, 0) is 9.53 Å². The second-order valence-corrected chi connectivity index (χ2v) is 6.22. The van der Waals surface area contributed by atoms with Crippen LogP contribution in [0.15, 0.2) is 18.2 Å². The van der Waals surface area contributed by atoms with Gasteiger partial charge in [0.25, 0.3) is 0 Å². The molecular weight excluding hydrogens is 288 g/mol. The summed E-state index contributed by atoms with van der Waals surface area (Å²) in [5.41, 5.74) is 0.257. The summed E-state index contributed by atoms with van der Waals surface area (Å²) in [4.78, 5) is 12.1. The van der Waals surface area contributed by atoms with E-state index < -0.39 is 17.7 Å². The molecule has 1 heterocycles. The van der Waals surface area contributed by atoms with Crippen molar-refractivity contribution in [3.05, 3.63) is 35.4 Å². The molecule has 1 amide bonds. The minimum atomic E-state index is -0.476. The van der Waals surface area contributed by atoms with Gasteiger partial charge in [0.1, 0.15) is 11.6 Å². The molecule has 1 aromatic carbocycles. The molecule has 120 valence electrons. The van der Waals surface area contributed by atoms with Gasteiger partial charge >= 0.3 is 0 Å². The number of ether oxygens (including phenoxy) is 1. The molecule has 0 unspecified atom stereocenters. The standard InChI is InChI=1S/C17H21F2NO2/c18-12-5-7-15(19)14(10-12)17(11-3-4-11)20-16(21)8-6-13-2-1-9-22-13/h5,7,10-11,13,17H,1-4,6,8-9H2,(H,20,21)/t13-,17+/m0/s1. The molecule has 1 N–H and O–H groups in total. The number of hydrogen-bond acceptors (Lipinski definition) is 2. The maximum absolute atomic E-state index is 14.0. The van der Waals surface area contributed by atoms with Gasteiger partial charge in [-0.15, -0.1) is 0 Å². The van der Waals surface area contributed by atoms with Gasteiger partial charge in [0.15, 0.2) is 0 Å². The van der Waals surface area contributed by atoms with Crippen molar-refractivity contribution in [1.29, 1.82) is 0 Å². The Morgan fingerprint density at radius 2 is 2.14 bits per heavy atom. The zero-order valence-corrected chi connectivity index (χ0v) is 12.5. The molecule has 0 spiro atoms. The Morgan fingerprint density at radius 3 is 2.82 bits per heavy atom. The summed E-state index contributed by atoms with van der Waals surface area (Å²) in [5.74, 6) is -0.840. The minimum absolute atomic E-state index is 0.115. The summed E-state index contributed by atoms with van der Waals surface area (Å²) < 4.78 is 32.8. The van der Waals surface area contributed by atoms with Crippen molar-refractivity contribution in [2.24, 2.45) is 5.92 Å². The summed E-state index contributed by atoms with van der Waals surface area (Å²) in [5, 5.41) is 2.89. The second-order valence-electron chi connectivity index (χ2n) is 6.22. The predicted octanol–water partition coefficient (Wildman–Crippen LogP) is 3.49. The van der Waals surface area contributed by atoms with Crippen molar-refractivity contribution in [3.63, 3.8) is 0 Å². The molecule has 0 bridgehead atoms. The van der Waals surface area contributed by atoms with Crippen LogP contribution in [0, 0.1) is 17.6 Å². The molecule has 3 nitrogen and oxygen atoms in total. The predicted molar refractivity (Wildman–Crippen MR) is 78.2 cm³/mol. The summed E-state index contributed by atoms with van der Waals surface area (Å²) in [7, 11) is 0. The Hall–Kier alpha value is -1.49. The fraction of sp³-hybridized carbons (Fsp3) is 0.588. The molecule has 2 aliphatic rings. The molecule has 1 aliphatic carbocycles. The molecule has 0 radical (unpaired) electrons. The van der Waals surface area contributed by atoms with Gasteiger partial charge in [0, 0.05) is 18.6 Å². The SMILES string of the molecule is O=C(CC[C@@H]1CCCO1)N[C@@H](c1cc(F)ccc1F)C1CC1. The lowest BCUT2D eigenvalue weighted by atomic mass is 10.0. The van der Waals surface area contributed by atoms with Crippen molar-refractivity contribution in [1.82, 2.24) is 5.32 Å². The van der Waals surface area contributed by atoms with E-state index in [1.54, 1.807) is 0 Å². The van der Waals surface area contributed by atoms with Crippen LogP contribution in [0.5, 0.6) is 0 Å². The highest BCUT2D eigenvalue weighted by molar-refractivity contribution is 5.76. The molecule has 1 aliphatic heterocycles. The van der Waals surface area contributed by atoms with E-state index in [1.165, 1.54) is 6.07 Å². The Labute approximate surface area is 129 Å². The third kappa shape index (κ3) is 3.83. The highest BCUT2D eigenvalue weighted by Crippen LogP contribution is 2.42. The van der Waals surface area contributed by atoms with Gasteiger partial charge < -0.3 is 10.1 Å². The van der Waals surface area contributed by atoms with Gasteiger partial charge in [-0.1, -0.05) is 0 Å². The second kappa shape index (κ2) is 6.73. The lowest BCUT2D eigenvalue weighted by molar-refractivity contribution is -0.122. The first-order valence-corrected chi connectivity index (χ1v) is 7.99. The number of halogens is 2. The highest BCUT2D eigenvalue weighted by Gasteiger charge is 2.35. The van der Waals surface area contributed by atoms with E-state index in [4.69, 9.17) is 4.74 Å². The van der Waals surface area contributed by atoms with E-state index >= 15 is 0 Å². The average Bonchev–Trinajstić information content (AvgIpc) is 3.21. The Kier molecular flexibility index (Phi) is 4.71. The van der Waals surface area contributed by atoms with E-state index in [-0.39, 0.29) is 23.5 Å².